The van der Waals surface area contributed by atoms with Crippen molar-refractivity contribution in [2.75, 3.05) is 6.61 Å². The molecule has 1 unspecified atom stereocenters. The van der Waals surface area contributed by atoms with Crippen LogP contribution >= 0.6 is 0 Å². The molecule has 0 aliphatic rings. The highest BCUT2D eigenvalue weighted by Gasteiger charge is 2.19. The number of aliphatic hydroxyl groups excluding tert-OH is 1. The van der Waals surface area contributed by atoms with Gasteiger partial charge in [-0.3, -0.25) is 0 Å². The van der Waals surface area contributed by atoms with Gasteiger partial charge in [-0.15, -0.1) is 0 Å². The second-order valence-electron chi connectivity index (χ2n) is 3.46. The van der Waals surface area contributed by atoms with Crippen LogP contribution in [0.1, 0.15) is 22.8 Å². The van der Waals surface area contributed by atoms with Crippen LogP contribution in [-0.4, -0.2) is 22.8 Å². The van der Waals surface area contributed by atoms with Crippen LogP contribution in [0, 0.1) is 0 Å². The molecular weight excluding hydrogens is 182 g/mol. The lowest BCUT2D eigenvalue weighted by molar-refractivity contribution is 0.0697. The van der Waals surface area contributed by atoms with E-state index in [9.17, 15) is 4.79 Å². The Balaban J connectivity index is 2.99. The molecule has 1 aromatic rings. The number of carboxylic acids is 1. The molecule has 0 fully saturated rings. The van der Waals surface area contributed by atoms with Crippen molar-refractivity contribution in [3.05, 3.63) is 35.4 Å². The molecule has 4 N–H and O–H groups in total. The molecule has 1 aromatic carbocycles. The van der Waals surface area contributed by atoms with E-state index >= 15 is 0 Å². The Morgan fingerprint density at radius 2 is 1.93 bits per heavy atom. The average Bonchev–Trinajstić information content (AvgIpc) is 2.18. The number of rotatable bonds is 3. The lowest BCUT2D eigenvalue weighted by Crippen LogP contribution is -2.36. The molecule has 1 rings (SSSR count). The number of aromatic carboxylic acids is 1. The second-order valence-corrected chi connectivity index (χ2v) is 3.46. The maximum atomic E-state index is 10.6. The van der Waals surface area contributed by atoms with E-state index in [1.54, 1.807) is 19.1 Å². The van der Waals surface area contributed by atoms with Crippen LogP contribution in [0.4, 0.5) is 0 Å². The highest BCUT2D eigenvalue weighted by molar-refractivity contribution is 5.87. The smallest absolute Gasteiger partial charge is 0.335 e. The maximum absolute atomic E-state index is 10.6. The Bertz CT molecular complexity index is 330. The molecule has 0 spiro atoms. The Kier molecular flexibility index (Phi) is 2.88. The van der Waals surface area contributed by atoms with Gasteiger partial charge in [0.2, 0.25) is 0 Å². The quantitative estimate of drug-likeness (QED) is 0.657. The van der Waals surface area contributed by atoms with E-state index in [0.29, 0.717) is 5.56 Å². The van der Waals surface area contributed by atoms with Crippen molar-refractivity contribution in [3.8, 4) is 0 Å². The predicted molar refractivity (Wildman–Crippen MR) is 52.0 cm³/mol. The summed E-state index contributed by atoms with van der Waals surface area (Å²) in [5, 5.41) is 17.6. The molecule has 4 nitrogen and oxygen atoms in total. The number of nitrogens with two attached hydrogens (primary N) is 1. The van der Waals surface area contributed by atoms with Crippen molar-refractivity contribution in [2.45, 2.75) is 12.5 Å². The number of aliphatic hydroxyl groups is 1. The maximum Gasteiger partial charge on any atom is 0.335 e. The highest BCUT2D eigenvalue weighted by Crippen LogP contribution is 2.17. The fourth-order valence-electron chi connectivity index (χ4n) is 1.08. The minimum atomic E-state index is -0.973. The number of benzene rings is 1. The van der Waals surface area contributed by atoms with E-state index in [1.165, 1.54) is 12.1 Å². The summed E-state index contributed by atoms with van der Waals surface area (Å²) in [7, 11) is 0. The zero-order chi connectivity index (χ0) is 10.8. The summed E-state index contributed by atoms with van der Waals surface area (Å²) in [5.74, 6) is -0.973. The normalized spacial score (nSPS) is 14.8. The molecule has 0 saturated carbocycles. The van der Waals surface area contributed by atoms with Gasteiger partial charge in [-0.05, 0) is 24.6 Å². The van der Waals surface area contributed by atoms with Crippen LogP contribution in [-0.2, 0) is 5.54 Å². The summed E-state index contributed by atoms with van der Waals surface area (Å²) in [6, 6.07) is 6.16. The number of carboxylic acid groups (broad SMARTS) is 1. The Hall–Kier alpha value is -1.39. The predicted octanol–water partition coefficient (Wildman–Crippen LogP) is 0.551. The van der Waals surface area contributed by atoms with Crippen LogP contribution < -0.4 is 5.73 Å². The van der Waals surface area contributed by atoms with Crippen LogP contribution in [0.2, 0.25) is 0 Å². The third-order valence-electron chi connectivity index (χ3n) is 2.12. The first-order chi connectivity index (χ1) is 6.47. The second kappa shape index (κ2) is 3.77. The summed E-state index contributed by atoms with van der Waals surface area (Å²) in [6.07, 6.45) is 0. The molecular formula is C10H13NO3. The third kappa shape index (κ3) is 2.10. The van der Waals surface area contributed by atoms with Gasteiger partial charge >= 0.3 is 5.97 Å². The van der Waals surface area contributed by atoms with E-state index in [2.05, 4.69) is 0 Å². The van der Waals surface area contributed by atoms with Gasteiger partial charge in [-0.25, -0.2) is 4.79 Å². The van der Waals surface area contributed by atoms with Gasteiger partial charge in [0.1, 0.15) is 0 Å². The van der Waals surface area contributed by atoms with E-state index in [1.807, 2.05) is 0 Å². The Morgan fingerprint density at radius 1 is 1.43 bits per heavy atom. The molecule has 76 valence electrons. The number of hydrogen-bond donors (Lipinski definition) is 3. The Labute approximate surface area is 82.0 Å². The summed E-state index contributed by atoms with van der Waals surface area (Å²) in [5.41, 5.74) is 5.87. The molecule has 0 radical (unpaired) electrons. The molecule has 4 heteroatoms. The largest absolute Gasteiger partial charge is 0.478 e. The summed E-state index contributed by atoms with van der Waals surface area (Å²) in [4.78, 5) is 10.6. The van der Waals surface area contributed by atoms with Crippen LogP contribution in [0.3, 0.4) is 0 Å². The zero-order valence-corrected chi connectivity index (χ0v) is 7.90. The van der Waals surface area contributed by atoms with Gasteiger partial charge < -0.3 is 15.9 Å². The fourth-order valence-corrected chi connectivity index (χ4v) is 1.08. The zero-order valence-electron chi connectivity index (χ0n) is 7.90. The topological polar surface area (TPSA) is 83.5 Å². The van der Waals surface area contributed by atoms with Crippen molar-refractivity contribution in [2.24, 2.45) is 5.73 Å². The summed E-state index contributed by atoms with van der Waals surface area (Å²) >= 11 is 0. The molecule has 0 aliphatic heterocycles. The molecule has 0 amide bonds. The Morgan fingerprint density at radius 3 is 2.29 bits per heavy atom. The van der Waals surface area contributed by atoms with Crippen molar-refractivity contribution in [1.82, 2.24) is 0 Å². The minimum Gasteiger partial charge on any atom is -0.478 e. The van der Waals surface area contributed by atoms with Crippen molar-refractivity contribution >= 4 is 5.97 Å². The van der Waals surface area contributed by atoms with Crippen molar-refractivity contribution in [3.63, 3.8) is 0 Å². The van der Waals surface area contributed by atoms with Gasteiger partial charge in [-0.2, -0.15) is 0 Å². The van der Waals surface area contributed by atoms with Crippen molar-refractivity contribution in [1.29, 1.82) is 0 Å². The molecule has 0 saturated heterocycles. The number of carbonyl (C=O) groups is 1. The first kappa shape index (κ1) is 10.7. The number of hydrogen-bond acceptors (Lipinski definition) is 3. The van der Waals surface area contributed by atoms with Gasteiger partial charge in [0.25, 0.3) is 0 Å². The van der Waals surface area contributed by atoms with E-state index in [-0.39, 0.29) is 12.2 Å². The molecule has 1 atom stereocenters. The minimum absolute atomic E-state index is 0.181. The first-order valence-corrected chi connectivity index (χ1v) is 4.21. The molecule has 0 aromatic heterocycles. The van der Waals surface area contributed by atoms with Crippen LogP contribution in [0.25, 0.3) is 0 Å². The van der Waals surface area contributed by atoms with Gasteiger partial charge in [0.15, 0.2) is 0 Å². The SMILES string of the molecule is CC(N)(CO)c1ccc(C(=O)O)cc1. The molecule has 14 heavy (non-hydrogen) atoms. The van der Waals surface area contributed by atoms with E-state index in [4.69, 9.17) is 15.9 Å². The molecule has 0 aliphatic carbocycles. The van der Waals surface area contributed by atoms with Crippen molar-refractivity contribution < 1.29 is 15.0 Å². The molecule has 0 heterocycles. The van der Waals surface area contributed by atoms with Gasteiger partial charge in [-0.1, -0.05) is 12.1 Å². The third-order valence-corrected chi connectivity index (χ3v) is 2.12. The standard InChI is InChI=1S/C10H13NO3/c1-10(11,6-12)8-4-2-7(3-5-8)9(13)14/h2-5,12H,6,11H2,1H3,(H,13,14). The highest BCUT2D eigenvalue weighted by atomic mass is 16.4. The van der Waals surface area contributed by atoms with Gasteiger partial charge in [0, 0.05) is 0 Å². The monoisotopic (exact) mass is 195 g/mol. The summed E-state index contributed by atoms with van der Waals surface area (Å²) in [6.45, 7) is 1.50. The summed E-state index contributed by atoms with van der Waals surface area (Å²) < 4.78 is 0. The lowest BCUT2D eigenvalue weighted by Gasteiger charge is -2.22. The van der Waals surface area contributed by atoms with E-state index < -0.39 is 11.5 Å². The van der Waals surface area contributed by atoms with Crippen LogP contribution in [0.5, 0.6) is 0 Å². The first-order valence-electron chi connectivity index (χ1n) is 4.21. The van der Waals surface area contributed by atoms with Gasteiger partial charge in [0.05, 0.1) is 17.7 Å². The average molecular weight is 195 g/mol. The lowest BCUT2D eigenvalue weighted by atomic mass is 9.93. The van der Waals surface area contributed by atoms with Crippen LogP contribution in [0.15, 0.2) is 24.3 Å². The molecule has 0 bridgehead atoms. The fraction of sp³-hybridized carbons (Fsp3) is 0.300. The van der Waals surface area contributed by atoms with E-state index in [0.717, 1.165) is 0 Å².